The van der Waals surface area contributed by atoms with Crippen LogP contribution in [-0.2, 0) is 20.7 Å². The monoisotopic (exact) mass is 589 g/mol. The molecule has 0 bridgehead atoms. The van der Waals surface area contributed by atoms with Gasteiger partial charge in [0.2, 0.25) is 5.91 Å². The SMILES string of the molecule is Cc1nc(C)c([C@H](OC(C)(C)C)C(=O)O)c(N2CCC(C)(C)CC2)c1-c1ccc(N(C)C(=O)Cc2ccc(F)cc2)cc1. The van der Waals surface area contributed by atoms with E-state index in [1.165, 1.54) is 12.1 Å². The third-order valence-electron chi connectivity index (χ3n) is 8.16. The molecule has 1 saturated heterocycles. The van der Waals surface area contributed by atoms with E-state index in [0.717, 1.165) is 59.7 Å². The molecule has 1 N–H and O–H groups in total. The van der Waals surface area contributed by atoms with Crippen molar-refractivity contribution in [2.45, 2.75) is 79.4 Å². The van der Waals surface area contributed by atoms with Gasteiger partial charge in [-0.2, -0.15) is 0 Å². The van der Waals surface area contributed by atoms with E-state index in [1.807, 2.05) is 58.9 Å². The molecule has 8 heteroatoms. The Morgan fingerprint density at radius 1 is 1.02 bits per heavy atom. The van der Waals surface area contributed by atoms with Crippen LogP contribution in [0.4, 0.5) is 15.8 Å². The van der Waals surface area contributed by atoms with Gasteiger partial charge in [-0.05, 0) is 88.3 Å². The number of anilines is 2. The molecule has 0 spiro atoms. The zero-order chi connectivity index (χ0) is 31.7. The first-order chi connectivity index (χ1) is 20.1. The Bertz CT molecular complexity index is 1470. The third-order valence-corrected chi connectivity index (χ3v) is 8.16. The van der Waals surface area contributed by atoms with Crippen molar-refractivity contribution in [3.05, 3.63) is 76.9 Å². The molecule has 1 fully saturated rings. The first-order valence-electron chi connectivity index (χ1n) is 14.8. The fraction of sp³-hybridized carbons (Fsp3) is 0.457. The number of nitrogens with zero attached hydrogens (tertiary/aromatic N) is 3. The summed E-state index contributed by atoms with van der Waals surface area (Å²) in [6.07, 6.45) is 0.919. The minimum atomic E-state index is -1.19. The maximum atomic E-state index is 13.3. The number of halogens is 1. The Labute approximate surface area is 254 Å². The van der Waals surface area contributed by atoms with Crippen LogP contribution in [0.1, 0.15) is 76.1 Å². The van der Waals surface area contributed by atoms with Crippen LogP contribution in [0.3, 0.4) is 0 Å². The fourth-order valence-corrected chi connectivity index (χ4v) is 5.65. The number of hydrogen-bond donors (Lipinski definition) is 1. The Morgan fingerprint density at radius 3 is 2.14 bits per heavy atom. The van der Waals surface area contributed by atoms with E-state index in [2.05, 4.69) is 18.7 Å². The molecule has 0 radical (unpaired) electrons. The Morgan fingerprint density at radius 2 is 1.60 bits per heavy atom. The normalized spacial score (nSPS) is 15.7. The van der Waals surface area contributed by atoms with Crippen molar-refractivity contribution >= 4 is 23.3 Å². The summed E-state index contributed by atoms with van der Waals surface area (Å²) in [5, 5.41) is 10.4. The molecule has 0 aliphatic carbocycles. The molecule has 0 unspecified atom stereocenters. The predicted molar refractivity (Wildman–Crippen MR) is 169 cm³/mol. The lowest BCUT2D eigenvalue weighted by molar-refractivity contribution is -0.160. The molecule has 1 amide bonds. The van der Waals surface area contributed by atoms with E-state index < -0.39 is 17.7 Å². The molecule has 1 aliphatic heterocycles. The standard InChI is InChI=1S/C35H44FN3O4/c1-22-29(25-11-15-27(16-12-25)38(8)28(40)21-24-9-13-26(36)14-10-24)31(39-19-17-35(6,7)18-20-39)30(23(2)37-22)32(33(41)42)43-34(3,4)5/h9-16,32H,17-21H2,1-8H3,(H,41,42)/t32-/m0/s1. The number of benzene rings is 2. The molecule has 4 rings (SSSR count). The number of carbonyl (C=O) groups excluding carboxylic acids is 1. The van der Waals surface area contributed by atoms with E-state index in [0.29, 0.717) is 11.3 Å². The van der Waals surface area contributed by atoms with E-state index >= 15 is 0 Å². The van der Waals surface area contributed by atoms with Gasteiger partial charge in [-0.25, -0.2) is 9.18 Å². The largest absolute Gasteiger partial charge is 0.479 e. The average molecular weight is 590 g/mol. The van der Waals surface area contributed by atoms with E-state index in [-0.39, 0.29) is 23.6 Å². The summed E-state index contributed by atoms with van der Waals surface area (Å²) in [5.41, 5.74) is 5.60. The van der Waals surface area contributed by atoms with Crippen molar-refractivity contribution in [3.8, 4) is 11.1 Å². The summed E-state index contributed by atoms with van der Waals surface area (Å²) in [6, 6.07) is 13.6. The molecule has 1 aliphatic rings. The number of hydrogen-bond acceptors (Lipinski definition) is 5. The average Bonchev–Trinajstić information content (AvgIpc) is 2.92. The van der Waals surface area contributed by atoms with Crippen molar-refractivity contribution in [1.29, 1.82) is 0 Å². The van der Waals surface area contributed by atoms with Crippen molar-refractivity contribution in [2.75, 3.05) is 29.9 Å². The summed E-state index contributed by atoms with van der Waals surface area (Å²) in [5.74, 6) is -1.50. The van der Waals surface area contributed by atoms with Gasteiger partial charge in [-0.3, -0.25) is 9.78 Å². The number of pyridine rings is 1. The Balaban J connectivity index is 1.77. The zero-order valence-electron chi connectivity index (χ0n) is 26.6. The minimum absolute atomic E-state index is 0.116. The second-order valence-corrected chi connectivity index (χ2v) is 13.3. The zero-order valence-corrected chi connectivity index (χ0v) is 26.6. The first kappa shape index (κ1) is 32.1. The molecule has 43 heavy (non-hydrogen) atoms. The number of aryl methyl sites for hydroxylation is 2. The lowest BCUT2D eigenvalue weighted by Gasteiger charge is -2.41. The molecular weight excluding hydrogens is 545 g/mol. The lowest BCUT2D eigenvalue weighted by Crippen LogP contribution is -2.39. The van der Waals surface area contributed by atoms with Crippen molar-refractivity contribution in [3.63, 3.8) is 0 Å². The van der Waals surface area contributed by atoms with Crippen molar-refractivity contribution in [2.24, 2.45) is 5.41 Å². The number of rotatable bonds is 8. The molecule has 0 saturated carbocycles. The van der Waals surface area contributed by atoms with Gasteiger partial charge >= 0.3 is 5.97 Å². The van der Waals surface area contributed by atoms with E-state index in [9.17, 15) is 19.1 Å². The number of aromatic nitrogens is 1. The Hall–Kier alpha value is -3.78. The summed E-state index contributed by atoms with van der Waals surface area (Å²) in [7, 11) is 1.72. The second kappa shape index (κ2) is 12.4. The summed E-state index contributed by atoms with van der Waals surface area (Å²) in [4.78, 5) is 34.4. The van der Waals surface area contributed by atoms with Gasteiger partial charge in [0.15, 0.2) is 6.10 Å². The van der Waals surface area contributed by atoms with Crippen molar-refractivity contribution < 1.29 is 23.8 Å². The maximum absolute atomic E-state index is 13.3. The van der Waals surface area contributed by atoms with Crippen LogP contribution < -0.4 is 9.80 Å². The van der Waals surface area contributed by atoms with Gasteiger partial charge in [0, 0.05) is 48.3 Å². The molecule has 3 aromatic rings. The van der Waals surface area contributed by atoms with Gasteiger partial charge < -0.3 is 19.6 Å². The quantitative estimate of drug-likeness (QED) is 0.297. The smallest absolute Gasteiger partial charge is 0.337 e. The molecule has 2 aromatic carbocycles. The highest BCUT2D eigenvalue weighted by Gasteiger charge is 2.36. The molecule has 1 aromatic heterocycles. The van der Waals surface area contributed by atoms with Crippen LogP contribution in [0.5, 0.6) is 0 Å². The van der Waals surface area contributed by atoms with Crippen LogP contribution in [0.2, 0.25) is 0 Å². The van der Waals surface area contributed by atoms with Crippen LogP contribution in [0.25, 0.3) is 11.1 Å². The summed E-state index contributed by atoms with van der Waals surface area (Å²) in [6.45, 7) is 15.5. The van der Waals surface area contributed by atoms with Gasteiger partial charge in [-0.1, -0.05) is 38.1 Å². The highest BCUT2D eigenvalue weighted by molar-refractivity contribution is 5.95. The van der Waals surface area contributed by atoms with Crippen LogP contribution >= 0.6 is 0 Å². The molecular formula is C35H44FN3O4. The van der Waals surface area contributed by atoms with Crippen LogP contribution in [0, 0.1) is 25.1 Å². The topological polar surface area (TPSA) is 83.0 Å². The van der Waals surface area contributed by atoms with Crippen LogP contribution in [-0.4, -0.2) is 47.7 Å². The summed E-state index contributed by atoms with van der Waals surface area (Å²) >= 11 is 0. The van der Waals surface area contributed by atoms with Gasteiger partial charge in [0.1, 0.15) is 5.82 Å². The Kier molecular flexibility index (Phi) is 9.30. The van der Waals surface area contributed by atoms with E-state index in [4.69, 9.17) is 9.72 Å². The molecule has 7 nitrogen and oxygen atoms in total. The first-order valence-corrected chi connectivity index (χ1v) is 14.8. The number of ether oxygens (including phenoxy) is 1. The minimum Gasteiger partial charge on any atom is -0.479 e. The lowest BCUT2D eigenvalue weighted by atomic mass is 9.82. The number of aliphatic carboxylic acids is 1. The van der Waals surface area contributed by atoms with Crippen molar-refractivity contribution in [1.82, 2.24) is 4.98 Å². The van der Waals surface area contributed by atoms with E-state index in [1.54, 1.807) is 24.1 Å². The third kappa shape index (κ3) is 7.60. The maximum Gasteiger partial charge on any atom is 0.337 e. The molecule has 2 heterocycles. The molecule has 230 valence electrons. The van der Waals surface area contributed by atoms with Crippen LogP contribution in [0.15, 0.2) is 48.5 Å². The number of carboxylic acid groups (broad SMARTS) is 1. The number of likely N-dealkylation sites (N-methyl/N-ethyl adjacent to an activating group) is 1. The van der Waals surface area contributed by atoms with Gasteiger partial charge in [0.05, 0.1) is 17.7 Å². The highest BCUT2D eigenvalue weighted by Crippen LogP contribution is 2.45. The molecule has 1 atom stereocenters. The fourth-order valence-electron chi connectivity index (χ4n) is 5.65. The number of carbonyl (C=O) groups is 2. The highest BCUT2D eigenvalue weighted by atomic mass is 19.1. The number of amides is 1. The number of carboxylic acids is 1. The second-order valence-electron chi connectivity index (χ2n) is 13.3. The predicted octanol–water partition coefficient (Wildman–Crippen LogP) is 7.28. The summed E-state index contributed by atoms with van der Waals surface area (Å²) < 4.78 is 19.5. The van der Waals surface area contributed by atoms with Gasteiger partial charge in [-0.15, -0.1) is 0 Å². The van der Waals surface area contributed by atoms with Gasteiger partial charge in [0.25, 0.3) is 0 Å². The number of piperidine rings is 1.